The average molecular weight is 275 g/mol. The van der Waals surface area contributed by atoms with Gasteiger partial charge in [-0.2, -0.15) is 5.26 Å². The highest BCUT2D eigenvalue weighted by atomic mass is 16.1. The number of carbonyl (C=O) groups excluding carboxylic acids is 1. The molecule has 1 aromatic carbocycles. The first-order valence-corrected chi connectivity index (χ1v) is 6.67. The summed E-state index contributed by atoms with van der Waals surface area (Å²) >= 11 is 0. The molecule has 0 aliphatic rings. The van der Waals surface area contributed by atoms with Gasteiger partial charge in [-0.15, -0.1) is 0 Å². The van der Waals surface area contributed by atoms with E-state index < -0.39 is 0 Å². The zero-order valence-corrected chi connectivity index (χ0v) is 11.4. The minimum Gasteiger partial charge on any atom is -0.303 e. The van der Waals surface area contributed by atoms with Crippen molar-refractivity contribution in [1.82, 2.24) is 9.38 Å². The Bertz CT molecular complexity index is 825. The van der Waals surface area contributed by atoms with Crippen LogP contribution in [0.5, 0.6) is 0 Å². The predicted molar refractivity (Wildman–Crippen MR) is 78.8 cm³/mol. The molecule has 0 fully saturated rings. The van der Waals surface area contributed by atoms with Gasteiger partial charge in [0.05, 0.1) is 29.7 Å². The van der Waals surface area contributed by atoms with E-state index in [1.165, 1.54) is 0 Å². The fourth-order valence-corrected chi connectivity index (χ4v) is 2.34. The van der Waals surface area contributed by atoms with Gasteiger partial charge in [0.2, 0.25) is 0 Å². The molecule has 0 spiro atoms. The molecule has 0 saturated heterocycles. The monoisotopic (exact) mass is 275 g/mol. The fraction of sp³-hybridized carbons (Fsp3) is 0.118. The van der Waals surface area contributed by atoms with E-state index in [0.717, 1.165) is 16.8 Å². The molecule has 0 radical (unpaired) electrons. The Morgan fingerprint density at radius 2 is 1.95 bits per heavy atom. The van der Waals surface area contributed by atoms with E-state index in [1.54, 1.807) is 24.7 Å². The largest absolute Gasteiger partial charge is 0.303 e. The second kappa shape index (κ2) is 5.59. The van der Waals surface area contributed by atoms with Crippen molar-refractivity contribution in [3.8, 4) is 6.07 Å². The van der Waals surface area contributed by atoms with Crippen LogP contribution in [-0.4, -0.2) is 15.2 Å². The number of Topliss-reactive ketones (excluding diaryl/α,β-unsaturated/α-hetero) is 1. The van der Waals surface area contributed by atoms with Crippen molar-refractivity contribution in [3.63, 3.8) is 0 Å². The van der Waals surface area contributed by atoms with E-state index >= 15 is 0 Å². The molecule has 2 heterocycles. The Hall–Kier alpha value is -2.93. The molecule has 4 nitrogen and oxygen atoms in total. The van der Waals surface area contributed by atoms with Crippen molar-refractivity contribution in [3.05, 3.63) is 71.8 Å². The van der Waals surface area contributed by atoms with E-state index in [2.05, 4.69) is 11.1 Å². The van der Waals surface area contributed by atoms with Gasteiger partial charge in [0.1, 0.15) is 5.78 Å². The molecule has 0 unspecified atom stereocenters. The number of fused-ring (bicyclic) bond motifs is 1. The van der Waals surface area contributed by atoms with Gasteiger partial charge in [-0.05, 0) is 29.8 Å². The summed E-state index contributed by atoms with van der Waals surface area (Å²) in [5.74, 6) is 0.140. The average Bonchev–Trinajstić information content (AvgIpc) is 2.97. The second-order valence-electron chi connectivity index (χ2n) is 4.91. The summed E-state index contributed by atoms with van der Waals surface area (Å²) in [6.07, 6.45) is 4.23. The molecule has 0 bridgehead atoms. The molecule has 0 aliphatic heterocycles. The number of pyridine rings is 1. The third-order valence-electron chi connectivity index (χ3n) is 3.39. The van der Waals surface area contributed by atoms with E-state index in [-0.39, 0.29) is 5.78 Å². The van der Waals surface area contributed by atoms with Gasteiger partial charge in [0.15, 0.2) is 0 Å². The third kappa shape index (κ3) is 2.82. The van der Waals surface area contributed by atoms with Crippen LogP contribution in [0, 0.1) is 11.3 Å². The van der Waals surface area contributed by atoms with Gasteiger partial charge in [0.25, 0.3) is 0 Å². The summed E-state index contributed by atoms with van der Waals surface area (Å²) in [6.45, 7) is 0. The van der Waals surface area contributed by atoms with Crippen LogP contribution in [0.15, 0.2) is 55.0 Å². The van der Waals surface area contributed by atoms with Crippen molar-refractivity contribution < 1.29 is 4.79 Å². The normalized spacial score (nSPS) is 10.4. The Morgan fingerprint density at radius 1 is 1.14 bits per heavy atom. The number of hydrogen-bond acceptors (Lipinski definition) is 3. The first-order valence-electron chi connectivity index (χ1n) is 6.67. The quantitative estimate of drug-likeness (QED) is 0.735. The van der Waals surface area contributed by atoms with Crippen molar-refractivity contribution >= 4 is 11.3 Å². The third-order valence-corrected chi connectivity index (χ3v) is 3.39. The molecular formula is C17H13N3O. The molecule has 0 atom stereocenters. The van der Waals surface area contributed by atoms with Crippen molar-refractivity contribution in [2.45, 2.75) is 12.8 Å². The lowest BCUT2D eigenvalue weighted by molar-refractivity contribution is -0.117. The number of ketones is 1. The summed E-state index contributed by atoms with van der Waals surface area (Å²) in [7, 11) is 0. The van der Waals surface area contributed by atoms with Gasteiger partial charge in [-0.25, -0.2) is 4.98 Å². The van der Waals surface area contributed by atoms with Crippen LogP contribution in [-0.2, 0) is 17.6 Å². The first kappa shape index (κ1) is 13.1. The summed E-state index contributed by atoms with van der Waals surface area (Å²) in [4.78, 5) is 16.3. The highest BCUT2D eigenvalue weighted by molar-refractivity contribution is 5.83. The minimum atomic E-state index is 0.140. The van der Waals surface area contributed by atoms with Crippen LogP contribution < -0.4 is 0 Å². The SMILES string of the molecule is N#Cc1ccc(CC(=O)Cc2cccc3cncn23)cc1. The van der Waals surface area contributed by atoms with Gasteiger partial charge in [0, 0.05) is 18.5 Å². The number of nitriles is 1. The summed E-state index contributed by atoms with van der Waals surface area (Å²) < 4.78 is 1.93. The topological polar surface area (TPSA) is 58.2 Å². The lowest BCUT2D eigenvalue weighted by Gasteiger charge is -2.05. The molecule has 2 aromatic heterocycles. The lowest BCUT2D eigenvalue weighted by atomic mass is 10.0. The number of aromatic nitrogens is 2. The van der Waals surface area contributed by atoms with Crippen molar-refractivity contribution in [1.29, 1.82) is 5.26 Å². The predicted octanol–water partition coefficient (Wildman–Crippen LogP) is 2.56. The van der Waals surface area contributed by atoms with Crippen LogP contribution in [0.4, 0.5) is 0 Å². The fourth-order valence-electron chi connectivity index (χ4n) is 2.34. The number of imidazole rings is 1. The lowest BCUT2D eigenvalue weighted by Crippen LogP contribution is -2.09. The zero-order chi connectivity index (χ0) is 14.7. The van der Waals surface area contributed by atoms with E-state index in [1.807, 2.05) is 34.7 Å². The first-order chi connectivity index (χ1) is 10.3. The van der Waals surface area contributed by atoms with E-state index in [0.29, 0.717) is 18.4 Å². The summed E-state index contributed by atoms with van der Waals surface area (Å²) in [6, 6.07) is 15.0. The number of rotatable bonds is 4. The van der Waals surface area contributed by atoms with E-state index in [9.17, 15) is 4.79 Å². The molecule has 102 valence electrons. The molecule has 0 saturated carbocycles. The van der Waals surface area contributed by atoms with Crippen molar-refractivity contribution in [2.24, 2.45) is 0 Å². The summed E-state index contributed by atoms with van der Waals surface area (Å²) in [5.41, 5.74) is 3.45. The zero-order valence-electron chi connectivity index (χ0n) is 11.4. The molecule has 3 aromatic rings. The molecule has 3 rings (SSSR count). The van der Waals surface area contributed by atoms with Crippen molar-refractivity contribution in [2.75, 3.05) is 0 Å². The number of nitrogens with zero attached hydrogens (tertiary/aromatic N) is 3. The van der Waals surface area contributed by atoms with Gasteiger partial charge < -0.3 is 4.40 Å². The number of hydrogen-bond donors (Lipinski definition) is 0. The maximum absolute atomic E-state index is 12.2. The van der Waals surface area contributed by atoms with Crippen LogP contribution in [0.3, 0.4) is 0 Å². The Kier molecular flexibility index (Phi) is 3.48. The van der Waals surface area contributed by atoms with Crippen LogP contribution in [0.1, 0.15) is 16.8 Å². The molecule has 0 amide bonds. The maximum Gasteiger partial charge on any atom is 0.143 e. The summed E-state index contributed by atoms with van der Waals surface area (Å²) in [5, 5.41) is 8.76. The molecule has 21 heavy (non-hydrogen) atoms. The van der Waals surface area contributed by atoms with Gasteiger partial charge >= 0.3 is 0 Å². The number of benzene rings is 1. The molecule has 0 aliphatic carbocycles. The highest BCUT2D eigenvalue weighted by Gasteiger charge is 2.08. The van der Waals surface area contributed by atoms with Gasteiger partial charge in [-0.3, -0.25) is 4.79 Å². The minimum absolute atomic E-state index is 0.140. The molecular weight excluding hydrogens is 262 g/mol. The van der Waals surface area contributed by atoms with Crippen LogP contribution in [0.25, 0.3) is 5.52 Å². The van der Waals surface area contributed by atoms with Gasteiger partial charge in [-0.1, -0.05) is 18.2 Å². The van der Waals surface area contributed by atoms with E-state index in [4.69, 9.17) is 5.26 Å². The molecule has 0 N–H and O–H groups in total. The highest BCUT2D eigenvalue weighted by Crippen LogP contribution is 2.10. The Balaban J connectivity index is 1.74. The number of carbonyl (C=O) groups is 1. The molecule has 4 heteroatoms. The van der Waals surface area contributed by atoms with Crippen LogP contribution in [0.2, 0.25) is 0 Å². The second-order valence-corrected chi connectivity index (χ2v) is 4.91. The standard InChI is InChI=1S/C17H13N3O/c18-10-14-6-4-13(5-7-14)8-17(21)9-15-2-1-3-16-11-19-12-20(15)16/h1-7,11-12H,8-9H2. The smallest absolute Gasteiger partial charge is 0.143 e. The van der Waals surface area contributed by atoms with Crippen LogP contribution >= 0.6 is 0 Å². The Morgan fingerprint density at radius 3 is 2.71 bits per heavy atom. The maximum atomic E-state index is 12.2. The Labute approximate surface area is 122 Å².